The smallest absolute Gasteiger partial charge is 0.292 e. The van der Waals surface area contributed by atoms with E-state index in [2.05, 4.69) is 0 Å². The molecule has 0 unspecified atom stereocenters. The van der Waals surface area contributed by atoms with Crippen LogP contribution in [-0.4, -0.2) is 56.5 Å². The van der Waals surface area contributed by atoms with Crippen LogP contribution >= 0.6 is 11.6 Å². The minimum Gasteiger partial charge on any atom is -0.292 e. The normalized spacial score (nSPS) is 18.6. The van der Waals surface area contributed by atoms with Crippen LogP contribution < -0.4 is 0 Å². The van der Waals surface area contributed by atoms with E-state index < -0.39 is 22.7 Å². The fraction of sp³-hybridized carbons (Fsp3) is 0.538. The molecule has 1 fully saturated rings. The Bertz CT molecular complexity index is 641. The predicted octanol–water partition coefficient (Wildman–Crippen LogP) is 2.52. The van der Waals surface area contributed by atoms with Gasteiger partial charge in [0.15, 0.2) is 0 Å². The van der Waals surface area contributed by atoms with Crippen LogP contribution in [0.3, 0.4) is 0 Å². The molecule has 1 aromatic carbocycles. The van der Waals surface area contributed by atoms with Gasteiger partial charge < -0.3 is 0 Å². The van der Waals surface area contributed by atoms with E-state index in [9.17, 15) is 21.6 Å². The van der Waals surface area contributed by atoms with E-state index in [1.807, 2.05) is 0 Å². The minimum absolute atomic E-state index is 0.0321. The number of nitrogens with zero attached hydrogens (tertiary/aromatic N) is 2. The maximum atomic E-state index is 12.6. The third-order valence-electron chi connectivity index (χ3n) is 3.57. The Kier molecular flexibility index (Phi) is 5.06. The van der Waals surface area contributed by atoms with E-state index in [4.69, 9.17) is 11.6 Å². The Hall–Kier alpha value is -0.830. The van der Waals surface area contributed by atoms with Crippen molar-refractivity contribution >= 4 is 21.6 Å². The molecule has 0 atom stereocenters. The number of hydrogen-bond acceptors (Lipinski definition) is 3. The Labute approximate surface area is 132 Å². The maximum absolute atomic E-state index is 12.6. The van der Waals surface area contributed by atoms with Crippen molar-refractivity contribution in [2.45, 2.75) is 18.0 Å². The fourth-order valence-electron chi connectivity index (χ4n) is 2.39. The first-order chi connectivity index (χ1) is 10.1. The van der Waals surface area contributed by atoms with Crippen molar-refractivity contribution < 1.29 is 21.6 Å². The summed E-state index contributed by atoms with van der Waals surface area (Å²) in [4.78, 5) is 1.31. The fourth-order valence-corrected chi connectivity index (χ4v) is 4.29. The van der Waals surface area contributed by atoms with Crippen LogP contribution in [-0.2, 0) is 10.0 Å². The number of piperazine rings is 1. The van der Waals surface area contributed by atoms with Crippen LogP contribution in [0.25, 0.3) is 0 Å². The van der Waals surface area contributed by atoms with Gasteiger partial charge in [-0.25, -0.2) is 8.42 Å². The molecule has 0 saturated carbocycles. The Morgan fingerprint density at radius 1 is 1.18 bits per heavy atom. The second-order valence-electron chi connectivity index (χ2n) is 5.16. The lowest BCUT2D eigenvalue weighted by Gasteiger charge is -2.34. The SMILES string of the molecule is Cc1c(Cl)cccc1S(=O)(=O)N1CCN(CC(F)(F)F)CC1. The van der Waals surface area contributed by atoms with Gasteiger partial charge in [0.1, 0.15) is 0 Å². The van der Waals surface area contributed by atoms with Crippen molar-refractivity contribution in [2.75, 3.05) is 32.7 Å². The van der Waals surface area contributed by atoms with Crippen LogP contribution in [0, 0.1) is 6.92 Å². The van der Waals surface area contributed by atoms with Gasteiger partial charge >= 0.3 is 6.18 Å². The molecule has 9 heteroatoms. The third kappa shape index (κ3) is 3.92. The summed E-state index contributed by atoms with van der Waals surface area (Å²) in [5.74, 6) is 0. The van der Waals surface area contributed by atoms with Gasteiger partial charge in [0.2, 0.25) is 10.0 Å². The second kappa shape index (κ2) is 6.35. The molecule has 1 heterocycles. The molecule has 1 saturated heterocycles. The van der Waals surface area contributed by atoms with Gasteiger partial charge in [-0.1, -0.05) is 17.7 Å². The summed E-state index contributed by atoms with van der Waals surface area (Å²) < 4.78 is 63.4. The lowest BCUT2D eigenvalue weighted by molar-refractivity contribution is -0.148. The van der Waals surface area contributed by atoms with E-state index in [-0.39, 0.29) is 31.1 Å². The van der Waals surface area contributed by atoms with Crippen molar-refractivity contribution in [3.63, 3.8) is 0 Å². The first-order valence-corrected chi connectivity index (χ1v) is 8.47. The molecule has 0 N–H and O–H groups in total. The highest BCUT2D eigenvalue weighted by Crippen LogP contribution is 2.26. The third-order valence-corrected chi connectivity index (χ3v) is 6.02. The molecule has 1 aliphatic heterocycles. The number of halogens is 4. The molecule has 0 bridgehead atoms. The van der Waals surface area contributed by atoms with Gasteiger partial charge in [0.25, 0.3) is 0 Å². The summed E-state index contributed by atoms with van der Waals surface area (Å²) >= 11 is 5.94. The molecule has 22 heavy (non-hydrogen) atoms. The van der Waals surface area contributed by atoms with Crippen LogP contribution in [0.1, 0.15) is 5.56 Å². The first kappa shape index (κ1) is 17.5. The number of alkyl halides is 3. The van der Waals surface area contributed by atoms with E-state index in [1.54, 1.807) is 19.1 Å². The number of benzene rings is 1. The molecule has 0 amide bonds. The topological polar surface area (TPSA) is 40.6 Å². The largest absolute Gasteiger partial charge is 0.401 e. The molecule has 0 spiro atoms. The number of hydrogen-bond donors (Lipinski definition) is 0. The molecule has 1 aromatic rings. The molecular weight excluding hydrogens is 341 g/mol. The van der Waals surface area contributed by atoms with Crippen LogP contribution in [0.15, 0.2) is 23.1 Å². The Morgan fingerprint density at radius 2 is 1.77 bits per heavy atom. The number of sulfonamides is 1. The highest BCUT2D eigenvalue weighted by Gasteiger charge is 2.35. The van der Waals surface area contributed by atoms with Crippen LogP contribution in [0.5, 0.6) is 0 Å². The zero-order valence-corrected chi connectivity index (χ0v) is 13.5. The highest BCUT2D eigenvalue weighted by molar-refractivity contribution is 7.89. The first-order valence-electron chi connectivity index (χ1n) is 6.65. The summed E-state index contributed by atoms with van der Waals surface area (Å²) in [7, 11) is -3.74. The number of rotatable bonds is 3. The molecule has 0 radical (unpaired) electrons. The monoisotopic (exact) mass is 356 g/mol. The minimum atomic E-state index is -4.27. The van der Waals surface area contributed by atoms with Gasteiger partial charge in [-0.3, -0.25) is 4.90 Å². The Morgan fingerprint density at radius 3 is 2.32 bits per heavy atom. The van der Waals surface area contributed by atoms with Crippen molar-refractivity contribution in [3.05, 3.63) is 28.8 Å². The van der Waals surface area contributed by atoms with Gasteiger partial charge in [-0.15, -0.1) is 0 Å². The summed E-state index contributed by atoms with van der Waals surface area (Å²) in [6.07, 6.45) is -4.27. The van der Waals surface area contributed by atoms with E-state index in [1.165, 1.54) is 15.3 Å². The summed E-state index contributed by atoms with van der Waals surface area (Å²) in [6.45, 7) is 0.762. The van der Waals surface area contributed by atoms with Crippen molar-refractivity contribution in [2.24, 2.45) is 0 Å². The van der Waals surface area contributed by atoms with Crippen LogP contribution in [0.2, 0.25) is 5.02 Å². The maximum Gasteiger partial charge on any atom is 0.401 e. The summed E-state index contributed by atoms with van der Waals surface area (Å²) in [5, 5.41) is 0.344. The zero-order valence-electron chi connectivity index (χ0n) is 11.9. The quantitative estimate of drug-likeness (QED) is 0.835. The predicted molar refractivity (Wildman–Crippen MR) is 77.4 cm³/mol. The Balaban J connectivity index is 2.12. The highest BCUT2D eigenvalue weighted by atomic mass is 35.5. The van der Waals surface area contributed by atoms with Gasteiger partial charge in [0.05, 0.1) is 11.4 Å². The van der Waals surface area contributed by atoms with Gasteiger partial charge in [-0.05, 0) is 24.6 Å². The molecule has 124 valence electrons. The second-order valence-corrected chi connectivity index (χ2v) is 7.47. The average molecular weight is 357 g/mol. The standard InChI is InChI=1S/C13H16ClF3N2O2S/c1-10-11(14)3-2-4-12(10)22(20,21)19-7-5-18(6-8-19)9-13(15,16)17/h2-4H,5-9H2,1H3. The summed E-state index contributed by atoms with van der Waals surface area (Å²) in [5.41, 5.74) is 0.446. The van der Waals surface area contributed by atoms with Crippen LogP contribution in [0.4, 0.5) is 13.2 Å². The summed E-state index contributed by atoms with van der Waals surface area (Å²) in [6, 6.07) is 4.60. The molecule has 4 nitrogen and oxygen atoms in total. The molecule has 2 rings (SSSR count). The lowest BCUT2D eigenvalue weighted by Crippen LogP contribution is -2.50. The van der Waals surface area contributed by atoms with Crippen molar-refractivity contribution in [1.82, 2.24) is 9.21 Å². The van der Waals surface area contributed by atoms with E-state index in [0.717, 1.165) is 0 Å². The zero-order chi connectivity index (χ0) is 16.5. The molecule has 1 aliphatic rings. The average Bonchev–Trinajstić information content (AvgIpc) is 2.40. The lowest BCUT2D eigenvalue weighted by atomic mass is 10.2. The van der Waals surface area contributed by atoms with Crippen molar-refractivity contribution in [3.8, 4) is 0 Å². The van der Waals surface area contributed by atoms with E-state index >= 15 is 0 Å². The van der Waals surface area contributed by atoms with Crippen molar-refractivity contribution in [1.29, 1.82) is 0 Å². The molecule has 0 aliphatic carbocycles. The van der Waals surface area contributed by atoms with E-state index in [0.29, 0.717) is 10.6 Å². The molecular formula is C13H16ClF3N2O2S. The van der Waals surface area contributed by atoms with Gasteiger partial charge in [-0.2, -0.15) is 17.5 Å². The van der Waals surface area contributed by atoms with Gasteiger partial charge in [0, 0.05) is 31.2 Å². The molecule has 0 aromatic heterocycles.